The molecular weight excluding hydrogens is 288 g/mol. The van der Waals surface area contributed by atoms with Crippen LogP contribution in [-0.2, 0) is 0 Å². The van der Waals surface area contributed by atoms with Crippen LogP contribution in [0.5, 0.6) is 0 Å². The molecule has 0 bridgehead atoms. The first kappa shape index (κ1) is 31.7. The smallest absolute Gasteiger partial charge is 0.0448 e. The average molecular weight is 345 g/mol. The first-order valence-electron chi connectivity index (χ1n) is 11.2. The number of hydrogen-bond acceptors (Lipinski definition) is 0. The third kappa shape index (κ3) is 43.1. The van der Waals surface area contributed by atoms with Gasteiger partial charge in [0.15, 0.2) is 0 Å². The lowest BCUT2D eigenvalue weighted by atomic mass is 10.0. The van der Waals surface area contributed by atoms with Gasteiger partial charge in [-0.25, -0.2) is 0 Å². The van der Waals surface area contributed by atoms with Gasteiger partial charge in [-0.3, -0.25) is 0 Å². The van der Waals surface area contributed by atoms with Gasteiger partial charge in [-0.15, -0.1) is 0 Å². The van der Waals surface area contributed by atoms with E-state index in [1.165, 1.54) is 51.4 Å². The van der Waals surface area contributed by atoms with Crippen molar-refractivity contribution < 1.29 is 0 Å². The van der Waals surface area contributed by atoms with Gasteiger partial charge in [-0.05, 0) is 23.7 Å². The molecule has 0 saturated heterocycles. The fourth-order valence-corrected chi connectivity index (χ4v) is 1.08. The molecule has 0 radical (unpaired) electrons. The lowest BCUT2D eigenvalue weighted by molar-refractivity contribution is 0.457. The van der Waals surface area contributed by atoms with Gasteiger partial charge in [0.05, 0.1) is 0 Å². The molecule has 0 aliphatic heterocycles. The van der Waals surface area contributed by atoms with Crippen LogP contribution in [0.4, 0.5) is 0 Å². The van der Waals surface area contributed by atoms with Crippen molar-refractivity contribution in [3.63, 3.8) is 0 Å². The van der Waals surface area contributed by atoms with E-state index in [1.54, 1.807) is 0 Å². The summed E-state index contributed by atoms with van der Waals surface area (Å²) in [6, 6.07) is 0. The molecule has 0 atom stereocenters. The zero-order valence-corrected chi connectivity index (χ0v) is 20.0. The standard InChI is InChI=1S/4C6H14/c1-5(2)6(3)4;2*1-4-6(3)5-2;1-3-5-6-4-2/h5-6H,1-4H3;2*6H,4-5H2,1-3H3;3-6H2,1-2H3. The maximum Gasteiger partial charge on any atom is -0.0448 e. The Kier molecular flexibility index (Phi) is 36.8. The molecule has 0 aromatic carbocycles. The summed E-state index contributed by atoms with van der Waals surface area (Å²) in [5.41, 5.74) is 0. The molecule has 0 rings (SSSR count). The van der Waals surface area contributed by atoms with Gasteiger partial charge in [0.25, 0.3) is 0 Å². The molecule has 0 heteroatoms. The summed E-state index contributed by atoms with van der Waals surface area (Å²) in [5, 5.41) is 0. The summed E-state index contributed by atoms with van der Waals surface area (Å²) in [6.45, 7) is 26.9. The number of hydrogen-bond donors (Lipinski definition) is 0. The van der Waals surface area contributed by atoms with Gasteiger partial charge in [-0.1, -0.05) is 134 Å². The Balaban J connectivity index is -0.000000111. The number of rotatable bonds is 8. The Hall–Kier alpha value is 0. The van der Waals surface area contributed by atoms with Crippen molar-refractivity contribution in [3.8, 4) is 0 Å². The Labute approximate surface area is 158 Å². The molecule has 0 unspecified atom stereocenters. The minimum Gasteiger partial charge on any atom is -0.0654 e. The van der Waals surface area contributed by atoms with Gasteiger partial charge in [0.1, 0.15) is 0 Å². The third-order valence-corrected chi connectivity index (χ3v) is 5.08. The summed E-state index contributed by atoms with van der Waals surface area (Å²) < 4.78 is 0. The van der Waals surface area contributed by atoms with Crippen LogP contribution in [0.2, 0.25) is 0 Å². The zero-order valence-electron chi connectivity index (χ0n) is 20.0. The molecule has 0 heterocycles. The van der Waals surface area contributed by atoms with Crippen molar-refractivity contribution in [2.75, 3.05) is 0 Å². The topological polar surface area (TPSA) is 0 Å². The lowest BCUT2D eigenvalue weighted by Gasteiger charge is -2.05. The first-order valence-corrected chi connectivity index (χ1v) is 11.2. The zero-order chi connectivity index (χ0) is 20.0. The fourth-order valence-electron chi connectivity index (χ4n) is 1.08. The van der Waals surface area contributed by atoms with Crippen LogP contribution < -0.4 is 0 Å². The van der Waals surface area contributed by atoms with Crippen LogP contribution in [-0.4, -0.2) is 0 Å². The molecule has 24 heavy (non-hydrogen) atoms. The average Bonchev–Trinajstić information content (AvgIpc) is 2.59. The van der Waals surface area contributed by atoms with E-state index in [9.17, 15) is 0 Å². The van der Waals surface area contributed by atoms with Crippen molar-refractivity contribution in [2.24, 2.45) is 23.7 Å². The van der Waals surface area contributed by atoms with Crippen molar-refractivity contribution in [3.05, 3.63) is 0 Å². The van der Waals surface area contributed by atoms with Crippen LogP contribution in [0.1, 0.15) is 134 Å². The Morgan fingerprint density at radius 1 is 0.417 bits per heavy atom. The minimum absolute atomic E-state index is 0.852. The summed E-state index contributed by atoms with van der Waals surface area (Å²) in [6.07, 6.45) is 10.9. The highest BCUT2D eigenvalue weighted by Crippen LogP contribution is 2.05. The van der Waals surface area contributed by atoms with E-state index in [1.807, 2.05) is 0 Å². The second-order valence-electron chi connectivity index (χ2n) is 8.04. The van der Waals surface area contributed by atoms with Crippen LogP contribution in [0.3, 0.4) is 0 Å². The third-order valence-electron chi connectivity index (χ3n) is 5.08. The second-order valence-corrected chi connectivity index (χ2v) is 8.04. The quantitative estimate of drug-likeness (QED) is 0.384. The van der Waals surface area contributed by atoms with Crippen molar-refractivity contribution in [2.45, 2.75) is 134 Å². The molecule has 0 aliphatic rings. The van der Waals surface area contributed by atoms with Gasteiger partial charge in [0, 0.05) is 0 Å². The molecule has 0 aliphatic carbocycles. The largest absolute Gasteiger partial charge is 0.0654 e. The first-order chi connectivity index (χ1) is 11.2. The van der Waals surface area contributed by atoms with Gasteiger partial charge in [-0.2, -0.15) is 0 Å². The van der Waals surface area contributed by atoms with Crippen molar-refractivity contribution in [1.29, 1.82) is 0 Å². The van der Waals surface area contributed by atoms with Gasteiger partial charge >= 0.3 is 0 Å². The summed E-state index contributed by atoms with van der Waals surface area (Å²) in [5.74, 6) is 3.57. The Morgan fingerprint density at radius 3 is 0.667 bits per heavy atom. The van der Waals surface area contributed by atoms with Crippen LogP contribution in [0.25, 0.3) is 0 Å². The number of unbranched alkanes of at least 4 members (excludes halogenated alkanes) is 3. The van der Waals surface area contributed by atoms with Gasteiger partial charge in [0.2, 0.25) is 0 Å². The predicted octanol–water partition coefficient (Wildman–Crippen LogP) is 9.77. The normalized spacial score (nSPS) is 10.0. The fraction of sp³-hybridized carbons (Fsp3) is 1.00. The highest BCUT2D eigenvalue weighted by atomic mass is 14.0. The minimum atomic E-state index is 0.852. The van der Waals surface area contributed by atoms with E-state index >= 15 is 0 Å². The second kappa shape index (κ2) is 27.8. The highest BCUT2D eigenvalue weighted by molar-refractivity contribution is 4.46. The van der Waals surface area contributed by atoms with Crippen LogP contribution in [0.15, 0.2) is 0 Å². The van der Waals surface area contributed by atoms with Crippen LogP contribution in [0, 0.1) is 23.7 Å². The molecule has 0 amide bonds. The Bertz CT molecular complexity index is 141. The molecular formula is C24H56. The SMILES string of the molecule is CC(C)C(C)C.CCC(C)CC.CCC(C)CC.CCCCCC. The molecule has 0 saturated carbocycles. The molecule has 0 nitrogen and oxygen atoms in total. The summed E-state index contributed by atoms with van der Waals surface area (Å²) in [7, 11) is 0. The van der Waals surface area contributed by atoms with Gasteiger partial charge < -0.3 is 0 Å². The maximum atomic E-state index is 2.28. The predicted molar refractivity (Wildman–Crippen MR) is 119 cm³/mol. The summed E-state index contributed by atoms with van der Waals surface area (Å²) >= 11 is 0. The lowest BCUT2D eigenvalue weighted by Crippen LogP contribution is -1.95. The van der Waals surface area contributed by atoms with E-state index in [0.29, 0.717) is 0 Å². The van der Waals surface area contributed by atoms with E-state index in [4.69, 9.17) is 0 Å². The summed E-state index contributed by atoms with van der Waals surface area (Å²) in [4.78, 5) is 0. The van der Waals surface area contributed by atoms with E-state index in [2.05, 4.69) is 83.1 Å². The molecule has 0 fully saturated rings. The highest BCUT2D eigenvalue weighted by Gasteiger charge is 1.95. The maximum absolute atomic E-state index is 2.28. The monoisotopic (exact) mass is 344 g/mol. The van der Waals surface area contributed by atoms with Crippen molar-refractivity contribution in [1.82, 2.24) is 0 Å². The molecule has 0 aromatic heterocycles. The molecule has 152 valence electrons. The van der Waals surface area contributed by atoms with E-state index in [0.717, 1.165) is 23.7 Å². The molecule has 0 aromatic rings. The van der Waals surface area contributed by atoms with Crippen LogP contribution >= 0.6 is 0 Å². The van der Waals surface area contributed by atoms with E-state index < -0.39 is 0 Å². The Morgan fingerprint density at radius 2 is 0.625 bits per heavy atom. The van der Waals surface area contributed by atoms with E-state index in [-0.39, 0.29) is 0 Å². The molecule has 0 N–H and O–H groups in total. The van der Waals surface area contributed by atoms with Crippen molar-refractivity contribution >= 4 is 0 Å². The molecule has 0 spiro atoms.